The number of amides is 2. The van der Waals surface area contributed by atoms with E-state index in [1.165, 1.54) is 36.7 Å². The third-order valence-electron chi connectivity index (χ3n) is 20.7. The lowest BCUT2D eigenvalue weighted by Gasteiger charge is -2.19. The molecular weight excluding hydrogens is 1860 g/mol. The van der Waals surface area contributed by atoms with Crippen LogP contribution in [-0.2, 0) is 51.1 Å². The summed E-state index contributed by atoms with van der Waals surface area (Å²) in [6.45, 7) is 24.3. The highest BCUT2D eigenvalue weighted by molar-refractivity contribution is 5.95. The van der Waals surface area contributed by atoms with E-state index in [1.807, 2.05) is 59.7 Å². The number of ether oxygens (including phenoxy) is 7. The van der Waals surface area contributed by atoms with Crippen LogP contribution in [0.25, 0.3) is 113 Å². The molecule has 0 radical (unpaired) electrons. The maximum Gasteiger partial charge on any atom is 0.407 e. The van der Waals surface area contributed by atoms with Crippen molar-refractivity contribution in [3.63, 3.8) is 0 Å². The maximum absolute atomic E-state index is 15.1. The number of nitrogen functional groups attached to an aromatic ring is 2. The molecule has 17 rings (SSSR count). The summed E-state index contributed by atoms with van der Waals surface area (Å²) in [7, 11) is 6.30. The smallest absolute Gasteiger partial charge is 0.407 e. The molecule has 0 saturated carbocycles. The summed E-state index contributed by atoms with van der Waals surface area (Å²) in [5, 5.41) is 12.4. The number of hydrogen-bond acceptors (Lipinski definition) is 32. The van der Waals surface area contributed by atoms with E-state index in [4.69, 9.17) is 59.4 Å². The first-order valence-corrected chi connectivity index (χ1v) is 44.8. The standard InChI is InChI=1S/C27H25FN6O3.C24H24FN5O3.C19H16FN5O.C17H21FN4O2.C9H14N2O3.C7H7NO2/c1-27(2,3)26-33-24(34-37-26)21(35)8-7-15-5-6-16(13-19(15)28)18-10-12-30-25-22(18)31-23(32-25)20-14-17(36-4)9-11-29-20;1-24(2,3)33-23(31)28-13-15-6-5-14(11-18(15)25)17-8-10-27-22-20(17)29-21(30-22)19-12-16(32-4)7-9-26-19;1-26-13-4-6-22-16(9-13)18-24-17-14(5-7-23-19(17)25-18)11-2-3-12(10-21)15(20)8-11;1-17(2,3)24-16(23)22-9-11-5-4-10(8-13(11)18)12-6-7-21-15(20)14(12)19;1-5-13-7(12)6-10-8(14-11-6)9(2,3)4;1-10-7-2-3-8-6(4-7)5-9/h5-6,9-14H,7-8H2,1-4H3,(H,30,31,32);5-12H,13H2,1-4H3,(H,28,31)(H,27,29,30);2-9H,10,21H2,1H3,(H,23,24,25);4-8H,9,19H2,1-3H3,(H2,20,21)(H,22,23);5H2,1-4H3;2-5H,1H3. The van der Waals surface area contributed by atoms with E-state index in [-0.39, 0.29) is 72.4 Å². The monoisotopic (exact) mass is 1970 g/mol. The Morgan fingerprint density at radius 3 is 1.12 bits per heavy atom. The number of ketones is 1. The largest absolute Gasteiger partial charge is 0.497 e. The van der Waals surface area contributed by atoms with E-state index in [9.17, 15) is 37.1 Å². The van der Waals surface area contributed by atoms with Gasteiger partial charge in [0.05, 0.1) is 57.3 Å². The number of aryl methyl sites for hydroxylation is 1. The average Bonchev–Trinajstić information content (AvgIpc) is 1.64. The van der Waals surface area contributed by atoms with Gasteiger partial charge in [0.15, 0.2) is 40.7 Å². The molecule has 0 bridgehead atoms. The number of methoxy groups -OCH3 is 4. The number of aromatic nitrogens is 18. The summed E-state index contributed by atoms with van der Waals surface area (Å²) in [4.78, 5) is 122. The third-order valence-corrected chi connectivity index (χ3v) is 20.7. The summed E-state index contributed by atoms with van der Waals surface area (Å²) in [5.74, 6) is 2.80. The molecule has 2 amide bonds. The summed E-state index contributed by atoms with van der Waals surface area (Å²) in [5.41, 5.74) is 28.4. The number of aldehydes is 1. The molecule has 41 heteroatoms. The number of fused-ring (bicyclic) bond motifs is 3. The Bertz CT molecular complexity index is 7410. The fraction of sp³-hybridized carbons (Fsp3) is 0.262. The molecule has 17 aromatic rings. The average molecular weight is 1970 g/mol. The fourth-order valence-electron chi connectivity index (χ4n) is 13.5. The minimum Gasteiger partial charge on any atom is -0.497 e. The lowest BCUT2D eigenvalue weighted by molar-refractivity contribution is 0.0501. The number of carbonyl (C=O) groups excluding carboxylic acids is 5. The molecule has 0 unspecified atom stereocenters. The van der Waals surface area contributed by atoms with E-state index < -0.39 is 46.8 Å². The Kier molecular flexibility index (Phi) is 34.5. The molecule has 0 aliphatic heterocycles. The van der Waals surface area contributed by atoms with Crippen LogP contribution in [-0.4, -0.2) is 167 Å². The molecule has 37 nitrogen and oxygen atoms in total. The number of H-pyrrole nitrogens is 3. The van der Waals surface area contributed by atoms with Crippen LogP contribution in [0.3, 0.4) is 0 Å². The van der Waals surface area contributed by atoms with Crippen LogP contribution in [0.5, 0.6) is 23.0 Å². The summed E-state index contributed by atoms with van der Waals surface area (Å²) in [6.07, 6.45) is 12.6. The van der Waals surface area contributed by atoms with Crippen molar-refractivity contribution in [1.82, 2.24) is 101 Å². The quantitative estimate of drug-likeness (QED) is 0.00969. The number of pyridine rings is 8. The van der Waals surface area contributed by atoms with E-state index in [0.717, 1.165) is 22.3 Å². The number of alkyl carbamates (subject to hydrolysis) is 2. The Labute approximate surface area is 824 Å². The predicted octanol–water partition coefficient (Wildman–Crippen LogP) is 19.0. The van der Waals surface area contributed by atoms with Crippen molar-refractivity contribution in [3.05, 3.63) is 270 Å². The molecule has 0 spiro atoms. The molecule has 0 saturated heterocycles. The number of aromatic amines is 3. The van der Waals surface area contributed by atoms with Gasteiger partial charge in [-0.2, -0.15) is 9.97 Å². The second-order valence-electron chi connectivity index (χ2n) is 35.7. The Morgan fingerprint density at radius 1 is 0.417 bits per heavy atom. The Balaban J connectivity index is 0.000000160. The zero-order chi connectivity index (χ0) is 104. The fourth-order valence-corrected chi connectivity index (χ4v) is 13.5. The number of halogens is 4. The van der Waals surface area contributed by atoms with Crippen LogP contribution in [0.4, 0.5) is 38.7 Å². The van der Waals surface area contributed by atoms with Gasteiger partial charge in [-0.25, -0.2) is 66.8 Å². The Hall–Kier alpha value is -17.4. The molecule has 746 valence electrons. The number of carbonyl (C=O) groups is 5. The number of nitrogens with zero attached hydrogens (tertiary/aromatic N) is 15. The van der Waals surface area contributed by atoms with Gasteiger partial charge in [0, 0.05) is 150 Å². The van der Waals surface area contributed by atoms with Gasteiger partial charge in [0.25, 0.3) is 5.82 Å². The number of esters is 1. The number of nitrogens with two attached hydrogens (primary N) is 3. The van der Waals surface area contributed by atoms with Crippen molar-refractivity contribution in [2.24, 2.45) is 5.73 Å². The van der Waals surface area contributed by atoms with Crippen LogP contribution in [0, 0.1) is 23.3 Å². The minimum absolute atomic E-state index is 0.0155. The minimum atomic E-state index is -0.622. The lowest BCUT2D eigenvalue weighted by atomic mass is 9.97. The number of hydrogen-bond donors (Lipinski definition) is 8. The number of benzene rings is 4. The lowest BCUT2D eigenvalue weighted by Crippen LogP contribution is -2.32. The van der Waals surface area contributed by atoms with Crippen molar-refractivity contribution < 1.29 is 83.7 Å². The molecule has 0 aliphatic carbocycles. The molecule has 0 fully saturated rings. The van der Waals surface area contributed by atoms with Crippen molar-refractivity contribution in [2.75, 3.05) is 46.5 Å². The normalized spacial score (nSPS) is 11.2. The van der Waals surface area contributed by atoms with Gasteiger partial charge >= 0.3 is 18.2 Å². The van der Waals surface area contributed by atoms with Gasteiger partial charge in [-0.3, -0.25) is 29.5 Å². The molecule has 0 atom stereocenters. The van der Waals surface area contributed by atoms with E-state index in [0.29, 0.717) is 172 Å². The van der Waals surface area contributed by atoms with Gasteiger partial charge < -0.3 is 85.0 Å². The van der Waals surface area contributed by atoms with E-state index >= 15 is 4.39 Å². The SMILES string of the molecule is CC(C)(C)OC(=O)NCc1ccc(-c2ccnc(N)c2N)cc1F.CCOC(=O)c1noc(C(C)(C)C)n1.COc1ccnc(-c2nc3nccc(-c4ccc(CCC(=O)c5noc(C(C)(C)C)n5)c(F)c4)c3[nH]2)c1.COc1ccnc(-c2nc3nccc(-c4ccc(CN)c(F)c4)c3[nH]2)c1.COc1ccnc(-c2nc3nccc(-c4ccc(CNC(=O)OC(C)(C)C)c(F)c4)c3[nH]2)c1.COc1ccnc(C=O)c1. The summed E-state index contributed by atoms with van der Waals surface area (Å²) in [6, 6.07) is 40.3. The molecular formula is C103H107F4N23O14. The predicted molar refractivity (Wildman–Crippen MR) is 530 cm³/mol. The molecule has 13 aromatic heterocycles. The number of anilines is 2. The van der Waals surface area contributed by atoms with Crippen molar-refractivity contribution in [2.45, 2.75) is 145 Å². The molecule has 11 N–H and O–H groups in total. The van der Waals surface area contributed by atoms with E-state index in [1.54, 1.807) is 217 Å². The number of imidazole rings is 3. The number of nitrogens with one attached hydrogen (secondary N) is 5. The first-order chi connectivity index (χ1) is 68.6. The van der Waals surface area contributed by atoms with Crippen LogP contribution in [0.1, 0.15) is 162 Å². The van der Waals surface area contributed by atoms with Crippen LogP contribution < -0.4 is 46.8 Å². The molecule has 144 heavy (non-hydrogen) atoms. The zero-order valence-electron chi connectivity index (χ0n) is 82.0. The Morgan fingerprint density at radius 2 is 0.764 bits per heavy atom. The van der Waals surface area contributed by atoms with Crippen LogP contribution >= 0.6 is 0 Å². The van der Waals surface area contributed by atoms with Crippen molar-refractivity contribution in [1.29, 1.82) is 0 Å². The highest BCUT2D eigenvalue weighted by atomic mass is 19.1. The first kappa shape index (κ1) is 105. The van der Waals surface area contributed by atoms with Gasteiger partial charge in [0.2, 0.25) is 23.4 Å². The highest BCUT2D eigenvalue weighted by Gasteiger charge is 2.29. The third kappa shape index (κ3) is 28.0. The van der Waals surface area contributed by atoms with E-state index in [2.05, 4.69) is 101 Å². The van der Waals surface area contributed by atoms with Gasteiger partial charge in [-0.1, -0.05) is 95.2 Å². The van der Waals surface area contributed by atoms with Gasteiger partial charge in [-0.15, -0.1) is 0 Å². The van der Waals surface area contributed by atoms with Crippen molar-refractivity contribution in [3.8, 4) is 102 Å². The van der Waals surface area contributed by atoms with Crippen molar-refractivity contribution >= 4 is 75.2 Å². The zero-order valence-corrected chi connectivity index (χ0v) is 82.0. The number of Topliss-reactive ketones (excluding diaryl/α,β-unsaturated/α-hetero) is 1. The maximum atomic E-state index is 15.1. The number of rotatable bonds is 23. The second-order valence-corrected chi connectivity index (χ2v) is 35.7. The second kappa shape index (κ2) is 47.0. The molecule has 4 aromatic carbocycles. The molecule has 13 heterocycles. The topological polar surface area (TPSA) is 519 Å². The highest BCUT2D eigenvalue weighted by Crippen LogP contribution is 2.37. The first-order valence-electron chi connectivity index (χ1n) is 44.8. The summed E-state index contributed by atoms with van der Waals surface area (Å²) < 4.78 is 104. The molecule has 0 aliphatic rings. The van der Waals surface area contributed by atoms with Gasteiger partial charge in [0.1, 0.15) is 86.1 Å². The van der Waals surface area contributed by atoms with Crippen LogP contribution in [0.15, 0.2) is 204 Å². The van der Waals surface area contributed by atoms with Gasteiger partial charge in [-0.05, 0) is 161 Å². The summed E-state index contributed by atoms with van der Waals surface area (Å²) >= 11 is 0. The van der Waals surface area contributed by atoms with Crippen LogP contribution in [0.2, 0.25) is 0 Å².